The Labute approximate surface area is 138 Å². The van der Waals surface area contributed by atoms with Crippen LogP contribution in [-0.4, -0.2) is 31.4 Å². The fourth-order valence-electron chi connectivity index (χ4n) is 3.20. The van der Waals surface area contributed by atoms with Crippen molar-refractivity contribution in [2.75, 3.05) is 13.7 Å². The summed E-state index contributed by atoms with van der Waals surface area (Å²) in [6, 6.07) is 9.49. The zero-order chi connectivity index (χ0) is 16.5. The van der Waals surface area contributed by atoms with Crippen molar-refractivity contribution in [1.82, 2.24) is 10.6 Å². The monoisotopic (exact) mass is 317 g/mol. The van der Waals surface area contributed by atoms with Crippen molar-refractivity contribution in [1.29, 1.82) is 5.41 Å². The van der Waals surface area contributed by atoms with Crippen molar-refractivity contribution >= 4 is 12.2 Å². The minimum Gasteiger partial charge on any atom is -0.491 e. The maximum atomic E-state index is 11.9. The van der Waals surface area contributed by atoms with Crippen LogP contribution in [0.15, 0.2) is 30.3 Å². The first-order valence-electron chi connectivity index (χ1n) is 8.36. The summed E-state index contributed by atoms with van der Waals surface area (Å²) >= 11 is 0. The van der Waals surface area contributed by atoms with Gasteiger partial charge in [0.15, 0.2) is 5.96 Å². The third-order valence-corrected chi connectivity index (χ3v) is 4.47. The highest BCUT2D eigenvalue weighted by Crippen LogP contribution is 2.30. The van der Waals surface area contributed by atoms with Gasteiger partial charge in [0.2, 0.25) is 0 Å². The number of ether oxygens (including phenoxy) is 1. The number of guanidine groups is 1. The Morgan fingerprint density at radius 2 is 2.00 bits per heavy atom. The molecule has 1 aliphatic rings. The lowest BCUT2D eigenvalue weighted by Gasteiger charge is -2.34. The van der Waals surface area contributed by atoms with E-state index in [1.807, 2.05) is 30.3 Å². The molecule has 1 saturated carbocycles. The van der Waals surface area contributed by atoms with E-state index in [-0.39, 0.29) is 12.6 Å². The lowest BCUT2D eigenvalue weighted by Crippen LogP contribution is -2.57. The average Bonchev–Trinajstić information content (AvgIpc) is 2.61. The lowest BCUT2D eigenvalue weighted by molar-refractivity contribution is -0.114. The molecule has 0 bridgehead atoms. The van der Waals surface area contributed by atoms with Gasteiger partial charge in [0, 0.05) is 7.05 Å². The molecular weight excluding hydrogens is 290 g/mol. The summed E-state index contributed by atoms with van der Waals surface area (Å²) in [7, 11) is 1.67. The second kappa shape index (κ2) is 8.56. The molecule has 3 N–H and O–H groups in total. The van der Waals surface area contributed by atoms with Crippen LogP contribution in [-0.2, 0) is 4.79 Å². The van der Waals surface area contributed by atoms with Crippen LogP contribution in [0.2, 0.25) is 0 Å². The van der Waals surface area contributed by atoms with Gasteiger partial charge in [0.1, 0.15) is 24.2 Å². The van der Waals surface area contributed by atoms with E-state index in [2.05, 4.69) is 10.6 Å². The number of hydrogen-bond donors (Lipinski definition) is 3. The Hall–Kier alpha value is -2.04. The molecule has 126 valence electrons. The third kappa shape index (κ3) is 5.27. The second-order valence-electron chi connectivity index (χ2n) is 6.33. The molecule has 2 rings (SSSR count). The molecule has 0 aromatic heterocycles. The highest BCUT2D eigenvalue weighted by Gasteiger charge is 2.35. The van der Waals surface area contributed by atoms with Gasteiger partial charge in [0.25, 0.3) is 0 Å². The fraction of sp³-hybridized carbons (Fsp3) is 0.556. The summed E-state index contributed by atoms with van der Waals surface area (Å²) in [6.07, 6.45) is 7.64. The third-order valence-electron chi connectivity index (χ3n) is 4.47. The van der Waals surface area contributed by atoms with Crippen molar-refractivity contribution in [3.63, 3.8) is 0 Å². The predicted octanol–water partition coefficient (Wildman–Crippen LogP) is 2.72. The highest BCUT2D eigenvalue weighted by molar-refractivity contribution is 5.82. The van der Waals surface area contributed by atoms with E-state index >= 15 is 0 Å². The number of carbonyl (C=O) groups excluding carboxylic acids is 1. The maximum Gasteiger partial charge on any atom is 0.189 e. The normalized spacial score (nSPS) is 17.8. The molecule has 0 spiro atoms. The van der Waals surface area contributed by atoms with E-state index < -0.39 is 5.54 Å². The Morgan fingerprint density at radius 3 is 2.61 bits per heavy atom. The van der Waals surface area contributed by atoms with Crippen LogP contribution in [0, 0.1) is 11.3 Å². The molecule has 5 heteroatoms. The Kier molecular flexibility index (Phi) is 6.44. The van der Waals surface area contributed by atoms with Gasteiger partial charge in [-0.25, -0.2) is 0 Å². The molecule has 0 heterocycles. The highest BCUT2D eigenvalue weighted by atomic mass is 16.5. The molecule has 1 aromatic rings. The van der Waals surface area contributed by atoms with Gasteiger partial charge in [-0.1, -0.05) is 50.3 Å². The number of aldehydes is 1. The molecule has 0 aliphatic heterocycles. The standard InChI is InChI=1S/C18H27N3O2/c1-20-17(19)21-18(13-22,12-15-8-4-2-5-9-15)14-23-16-10-6-3-7-11-16/h3,6-7,10-11,13,15H,2,4-5,8-9,12,14H2,1H3,(H3,19,20,21). The van der Waals surface area contributed by atoms with E-state index in [0.29, 0.717) is 12.3 Å². The predicted molar refractivity (Wildman–Crippen MR) is 91.8 cm³/mol. The minimum atomic E-state index is -0.863. The molecule has 5 nitrogen and oxygen atoms in total. The maximum absolute atomic E-state index is 11.9. The summed E-state index contributed by atoms with van der Waals surface area (Å²) in [4.78, 5) is 11.9. The zero-order valence-corrected chi connectivity index (χ0v) is 13.8. The number of nitrogens with one attached hydrogen (secondary N) is 3. The molecule has 0 amide bonds. The summed E-state index contributed by atoms with van der Waals surface area (Å²) < 4.78 is 5.83. The van der Waals surface area contributed by atoms with Gasteiger partial charge in [-0.15, -0.1) is 0 Å². The van der Waals surface area contributed by atoms with Crippen LogP contribution in [0.1, 0.15) is 38.5 Å². The second-order valence-corrected chi connectivity index (χ2v) is 6.33. The number of rotatable bonds is 7. The van der Waals surface area contributed by atoms with Gasteiger partial charge in [-0.05, 0) is 24.5 Å². The van der Waals surface area contributed by atoms with Gasteiger partial charge in [-0.2, -0.15) is 0 Å². The molecular formula is C18H27N3O2. The van der Waals surface area contributed by atoms with Crippen LogP contribution in [0.4, 0.5) is 0 Å². The van der Waals surface area contributed by atoms with Crippen LogP contribution in [0.3, 0.4) is 0 Å². The zero-order valence-electron chi connectivity index (χ0n) is 13.8. The molecule has 1 atom stereocenters. The summed E-state index contributed by atoms with van der Waals surface area (Å²) in [5, 5.41) is 13.6. The molecule has 1 aliphatic carbocycles. The van der Waals surface area contributed by atoms with Crippen LogP contribution in [0.5, 0.6) is 5.75 Å². The average molecular weight is 317 g/mol. The lowest BCUT2D eigenvalue weighted by atomic mass is 9.80. The minimum absolute atomic E-state index is 0.143. The van der Waals surface area contributed by atoms with Crippen LogP contribution >= 0.6 is 0 Å². The Balaban J connectivity index is 2.07. The van der Waals surface area contributed by atoms with E-state index in [0.717, 1.165) is 24.9 Å². The molecule has 1 fully saturated rings. The van der Waals surface area contributed by atoms with Crippen molar-refractivity contribution in [3.05, 3.63) is 30.3 Å². The van der Waals surface area contributed by atoms with Crippen molar-refractivity contribution < 1.29 is 9.53 Å². The van der Waals surface area contributed by atoms with Gasteiger partial charge < -0.3 is 20.2 Å². The first-order chi connectivity index (χ1) is 11.2. The summed E-state index contributed by atoms with van der Waals surface area (Å²) in [6.45, 7) is 0.223. The van der Waals surface area contributed by atoms with E-state index in [9.17, 15) is 4.79 Å². The van der Waals surface area contributed by atoms with Crippen LogP contribution < -0.4 is 15.4 Å². The molecule has 0 saturated heterocycles. The van der Waals surface area contributed by atoms with Crippen molar-refractivity contribution in [2.24, 2.45) is 5.92 Å². The van der Waals surface area contributed by atoms with Gasteiger partial charge in [-0.3, -0.25) is 5.41 Å². The number of benzene rings is 1. The van der Waals surface area contributed by atoms with Gasteiger partial charge >= 0.3 is 0 Å². The van der Waals surface area contributed by atoms with E-state index in [1.165, 1.54) is 19.3 Å². The quantitative estimate of drug-likeness (QED) is 0.411. The van der Waals surface area contributed by atoms with Crippen molar-refractivity contribution in [3.8, 4) is 5.75 Å². The smallest absolute Gasteiger partial charge is 0.189 e. The first-order valence-corrected chi connectivity index (χ1v) is 8.36. The Bertz CT molecular complexity index is 500. The number of hydrogen-bond acceptors (Lipinski definition) is 3. The molecule has 0 radical (unpaired) electrons. The Morgan fingerprint density at radius 1 is 1.30 bits per heavy atom. The molecule has 23 heavy (non-hydrogen) atoms. The van der Waals surface area contributed by atoms with Crippen LogP contribution in [0.25, 0.3) is 0 Å². The fourth-order valence-corrected chi connectivity index (χ4v) is 3.20. The SMILES string of the molecule is CNC(=N)NC(C=O)(COc1ccccc1)CC1CCCCC1. The van der Waals surface area contributed by atoms with E-state index in [4.69, 9.17) is 10.1 Å². The first kappa shape index (κ1) is 17.3. The van der Waals surface area contributed by atoms with Crippen molar-refractivity contribution in [2.45, 2.75) is 44.1 Å². The van der Waals surface area contributed by atoms with Gasteiger partial charge in [0.05, 0.1) is 0 Å². The summed E-state index contributed by atoms with van der Waals surface area (Å²) in [5.41, 5.74) is -0.863. The molecule has 1 aromatic carbocycles. The summed E-state index contributed by atoms with van der Waals surface area (Å²) in [5.74, 6) is 1.38. The number of carbonyl (C=O) groups is 1. The molecule has 1 unspecified atom stereocenters. The topological polar surface area (TPSA) is 74.2 Å². The van der Waals surface area contributed by atoms with E-state index in [1.54, 1.807) is 7.05 Å². The largest absolute Gasteiger partial charge is 0.491 e. The number of para-hydroxylation sites is 1.